The van der Waals surface area contributed by atoms with Crippen LogP contribution in [0.15, 0.2) is 12.2 Å². The smallest absolute Gasteiger partial charge is 0.246 e. The van der Waals surface area contributed by atoms with Crippen molar-refractivity contribution in [3.8, 4) is 0 Å². The zero-order chi connectivity index (χ0) is 65.3. The summed E-state index contributed by atoms with van der Waals surface area (Å²) in [7, 11) is 9.88. The highest BCUT2D eigenvalue weighted by Gasteiger charge is 2.46. The van der Waals surface area contributed by atoms with Gasteiger partial charge in [-0.1, -0.05) is 109 Å². The van der Waals surface area contributed by atoms with Gasteiger partial charge >= 0.3 is 0 Å². The number of carbonyl (C=O) groups excluding carboxylic acids is 11. The average Bonchev–Trinajstić information content (AvgIpc) is 3.42. The molecule has 0 bridgehead atoms. The number of likely N-dealkylation sites (N-methyl/N-ethyl adjacent to an activating group) is 7. The van der Waals surface area contributed by atoms with Crippen LogP contribution in [0.4, 0.5) is 0 Å². The number of aliphatic hydroxyl groups is 1. The number of hydrogen-bond donors (Lipinski definition) is 5. The molecule has 1 aliphatic rings. The van der Waals surface area contributed by atoms with Crippen LogP contribution in [0.1, 0.15) is 150 Å². The number of aliphatic hydroxyl groups excluding tert-OH is 1. The third-order valence-corrected chi connectivity index (χ3v) is 15.9. The molecule has 11 amide bonds. The minimum absolute atomic E-state index is 0.0215. The van der Waals surface area contributed by atoms with Crippen molar-refractivity contribution in [1.82, 2.24) is 55.6 Å². The molecule has 23 nitrogen and oxygen atoms in total. The van der Waals surface area contributed by atoms with E-state index in [4.69, 9.17) is 0 Å². The second kappa shape index (κ2) is 34.1. The van der Waals surface area contributed by atoms with E-state index in [-0.39, 0.29) is 43.4 Å². The van der Waals surface area contributed by atoms with Gasteiger partial charge in [0, 0.05) is 49.3 Å². The molecule has 1 unspecified atom stereocenters. The first-order valence-corrected chi connectivity index (χ1v) is 30.1. The molecule has 12 atom stereocenters. The molecule has 1 aliphatic heterocycles. The molecule has 0 saturated carbocycles. The second-order valence-corrected chi connectivity index (χ2v) is 25.6. The lowest BCUT2D eigenvalue weighted by Crippen LogP contribution is -2.63. The predicted octanol–water partition coefficient (Wildman–Crippen LogP) is 2.88. The van der Waals surface area contributed by atoms with Gasteiger partial charge in [-0.15, -0.1) is 0 Å². The van der Waals surface area contributed by atoms with Crippen LogP contribution in [-0.2, 0) is 52.7 Å². The van der Waals surface area contributed by atoms with Gasteiger partial charge in [-0.2, -0.15) is 0 Å². The van der Waals surface area contributed by atoms with E-state index in [1.165, 1.54) is 87.7 Å². The lowest BCUT2D eigenvalue weighted by molar-refractivity contribution is -0.157. The van der Waals surface area contributed by atoms with E-state index in [1.807, 2.05) is 41.5 Å². The minimum Gasteiger partial charge on any atom is -0.390 e. The third kappa shape index (κ3) is 20.5. The van der Waals surface area contributed by atoms with E-state index < -0.39 is 162 Å². The third-order valence-electron chi connectivity index (χ3n) is 15.9. The first-order chi connectivity index (χ1) is 38.7. The highest BCUT2D eigenvalue weighted by Crippen LogP contribution is 2.25. The molecule has 84 heavy (non-hydrogen) atoms. The summed E-state index contributed by atoms with van der Waals surface area (Å²) in [6.45, 7) is 29.0. The Labute approximate surface area is 502 Å². The summed E-state index contributed by atoms with van der Waals surface area (Å²) in [6.07, 6.45) is 2.88. The Morgan fingerprint density at radius 1 is 0.464 bits per heavy atom. The first kappa shape index (κ1) is 75.9. The van der Waals surface area contributed by atoms with Gasteiger partial charge in [0.15, 0.2) is 0 Å². The van der Waals surface area contributed by atoms with Crippen LogP contribution in [0.3, 0.4) is 0 Å². The first-order valence-electron chi connectivity index (χ1n) is 30.1. The molecular formula is C61H109N11O12. The van der Waals surface area contributed by atoms with Gasteiger partial charge in [0.2, 0.25) is 65.0 Å². The fraction of sp³-hybridized carbons (Fsp3) is 0.787. The zero-order valence-electron chi connectivity index (χ0n) is 55.4. The SMILES string of the molecule is C/C=C/C[C@@H](C)[C@@H](O)[C@H]1C(=O)N[C@@H](CC)C(=O)N(C)CC(=O)N(C)C(C(C)C)C(=O)N[C@@H](C(C)C)C(=O)N(C)[C@@H](CC(C)C)C(=O)N[C@@H](C)C(=O)N[C@H](C)C(=O)N(C)[C@@H](CC(C)C)C(=O)N(C)[C@@H](CC(C)C)C(=O)N(C)[C@@H](C(C)C)C(=O)N1C. The number of rotatable bonds is 14. The molecule has 5 N–H and O–H groups in total. The van der Waals surface area contributed by atoms with Crippen molar-refractivity contribution < 1.29 is 57.8 Å². The number of carbonyl (C=O) groups is 11. The largest absolute Gasteiger partial charge is 0.390 e. The fourth-order valence-electron chi connectivity index (χ4n) is 10.7. The van der Waals surface area contributed by atoms with Crippen LogP contribution < -0.4 is 21.3 Å². The van der Waals surface area contributed by atoms with Crippen molar-refractivity contribution >= 4 is 65.0 Å². The van der Waals surface area contributed by atoms with Crippen LogP contribution in [0.5, 0.6) is 0 Å². The lowest BCUT2D eigenvalue weighted by atomic mass is 9.91. The van der Waals surface area contributed by atoms with Crippen LogP contribution in [0.25, 0.3) is 0 Å². The Morgan fingerprint density at radius 3 is 1.35 bits per heavy atom. The summed E-state index contributed by atoms with van der Waals surface area (Å²) >= 11 is 0. The fourth-order valence-corrected chi connectivity index (χ4v) is 10.7. The number of nitrogens with zero attached hydrogens (tertiary/aromatic N) is 7. The van der Waals surface area contributed by atoms with Crippen LogP contribution in [0, 0.1) is 41.4 Å². The molecular weight excluding hydrogens is 1080 g/mol. The van der Waals surface area contributed by atoms with E-state index in [0.717, 1.165) is 9.80 Å². The molecule has 0 radical (unpaired) electrons. The van der Waals surface area contributed by atoms with Gasteiger partial charge in [-0.05, 0) is 94.3 Å². The van der Waals surface area contributed by atoms with Gasteiger partial charge < -0.3 is 60.7 Å². The van der Waals surface area contributed by atoms with Crippen molar-refractivity contribution in [2.75, 3.05) is 55.9 Å². The Balaban J connectivity index is 4.30. The van der Waals surface area contributed by atoms with Gasteiger partial charge in [0.25, 0.3) is 0 Å². The quantitative estimate of drug-likeness (QED) is 0.157. The van der Waals surface area contributed by atoms with Gasteiger partial charge in [-0.25, -0.2) is 0 Å². The molecule has 1 heterocycles. The van der Waals surface area contributed by atoms with Gasteiger partial charge in [0.05, 0.1) is 12.6 Å². The Hall–Kier alpha value is -6.13. The van der Waals surface area contributed by atoms with Crippen LogP contribution in [-0.4, -0.2) is 227 Å². The molecule has 23 heteroatoms. The van der Waals surface area contributed by atoms with E-state index in [2.05, 4.69) is 21.3 Å². The lowest BCUT2D eigenvalue weighted by Gasteiger charge is -2.41. The predicted molar refractivity (Wildman–Crippen MR) is 324 cm³/mol. The van der Waals surface area contributed by atoms with Crippen LogP contribution in [0.2, 0.25) is 0 Å². The Kier molecular flexibility index (Phi) is 30.8. The molecule has 0 aliphatic carbocycles. The monoisotopic (exact) mass is 1190 g/mol. The maximum absolute atomic E-state index is 15.1. The maximum Gasteiger partial charge on any atom is 0.246 e. The summed E-state index contributed by atoms with van der Waals surface area (Å²) in [5.41, 5.74) is 0. The molecule has 0 aromatic rings. The van der Waals surface area contributed by atoms with E-state index in [9.17, 15) is 48.3 Å². The van der Waals surface area contributed by atoms with Crippen molar-refractivity contribution in [3.63, 3.8) is 0 Å². The summed E-state index contributed by atoms with van der Waals surface area (Å²) in [4.78, 5) is 168. The normalized spacial score (nSPS) is 27.1. The molecule has 1 rings (SSSR count). The van der Waals surface area contributed by atoms with Crippen molar-refractivity contribution in [3.05, 3.63) is 12.2 Å². The molecule has 1 saturated heterocycles. The molecule has 0 aromatic heterocycles. The van der Waals surface area contributed by atoms with Crippen molar-refractivity contribution in [2.45, 2.75) is 216 Å². The molecule has 0 spiro atoms. The summed E-state index contributed by atoms with van der Waals surface area (Å²) in [5.74, 6) is -10.1. The highest BCUT2D eigenvalue weighted by molar-refractivity contribution is 5.99. The minimum atomic E-state index is -1.61. The number of amides is 11. The topological polar surface area (TPSA) is 279 Å². The van der Waals surface area contributed by atoms with Gasteiger partial charge in [0.1, 0.15) is 60.4 Å². The molecule has 0 aromatic carbocycles. The van der Waals surface area contributed by atoms with E-state index >= 15 is 9.59 Å². The van der Waals surface area contributed by atoms with Crippen LogP contribution >= 0.6 is 0 Å². The number of hydrogen-bond acceptors (Lipinski definition) is 12. The molecule has 1 fully saturated rings. The summed E-state index contributed by atoms with van der Waals surface area (Å²) in [5, 5.41) is 23.0. The molecule has 480 valence electrons. The Morgan fingerprint density at radius 2 is 0.893 bits per heavy atom. The summed E-state index contributed by atoms with van der Waals surface area (Å²) in [6, 6.07) is -12.4. The maximum atomic E-state index is 15.1. The van der Waals surface area contributed by atoms with Crippen molar-refractivity contribution in [2.24, 2.45) is 41.4 Å². The van der Waals surface area contributed by atoms with E-state index in [1.54, 1.807) is 74.5 Å². The average molecular weight is 1190 g/mol. The van der Waals surface area contributed by atoms with Gasteiger partial charge in [-0.3, -0.25) is 52.7 Å². The van der Waals surface area contributed by atoms with E-state index in [0.29, 0.717) is 6.42 Å². The number of allylic oxidation sites excluding steroid dienone is 2. The zero-order valence-corrected chi connectivity index (χ0v) is 55.4. The highest BCUT2D eigenvalue weighted by atomic mass is 16.3. The Bertz CT molecular complexity index is 2310. The summed E-state index contributed by atoms with van der Waals surface area (Å²) < 4.78 is 0. The standard InChI is InChI=1S/C61H109N11O12/c1-25-27-28-39(15)51(74)50-55(78)64-42(26-2)57(80)66(18)32-46(73)70(22)48(37(11)12)54(77)65-47(36(9)10)60(83)67(19)43(29-33(3)4)53(76)62-40(16)52(75)63-41(17)56(79)68(20)44(30-34(5)6)58(81)69(21)45(31-35(7)8)59(82)71(23)49(38(13)14)61(84)72(50)24/h25,27,33-45,47-51,74H,26,28-32H2,1-24H3,(H,62,76)(H,63,75)(H,64,78)(H,65,77)/b27-25+/t39-,40+,41-,42+,43+,44+,45+,47+,48?,49+,50+,51-/m1/s1. The second-order valence-electron chi connectivity index (χ2n) is 25.6. The van der Waals surface area contributed by atoms with Crippen molar-refractivity contribution in [1.29, 1.82) is 0 Å². The number of nitrogens with one attached hydrogen (secondary N) is 4.